The summed E-state index contributed by atoms with van der Waals surface area (Å²) in [5.74, 6) is 0. The molecule has 0 aromatic rings. The van der Waals surface area contributed by atoms with Gasteiger partial charge in [0.2, 0.25) is 18.1 Å². The molecular weight excluding hydrogens is 550 g/mol. The van der Waals surface area contributed by atoms with Gasteiger partial charge >= 0.3 is 19.1 Å². The van der Waals surface area contributed by atoms with Crippen molar-refractivity contribution in [3.63, 3.8) is 0 Å². The number of rotatable bonds is 6. The van der Waals surface area contributed by atoms with Crippen molar-refractivity contribution in [2.24, 2.45) is 0 Å². The van der Waals surface area contributed by atoms with Gasteiger partial charge in [0.25, 0.3) is 0 Å². The predicted octanol–water partition coefficient (Wildman–Crippen LogP) is 4.11. The molecule has 0 aromatic heterocycles. The molecule has 0 bridgehead atoms. The molecule has 6 radical (unpaired) electrons. The van der Waals surface area contributed by atoms with E-state index in [1.54, 1.807) is 14.2 Å². The van der Waals surface area contributed by atoms with Crippen molar-refractivity contribution < 1.29 is 86.6 Å². The van der Waals surface area contributed by atoms with Gasteiger partial charge in [-0.15, -0.1) is 0 Å². The van der Waals surface area contributed by atoms with Gasteiger partial charge < -0.3 is 35.0 Å². The second kappa shape index (κ2) is 27.9. The Hall–Kier alpha value is 2.88. The summed E-state index contributed by atoms with van der Waals surface area (Å²) in [6, 6.07) is 2.14. The quantitative estimate of drug-likeness (QED) is 0.347. The minimum absolute atomic E-state index is 0. The first-order chi connectivity index (χ1) is 11.6. The van der Waals surface area contributed by atoms with E-state index >= 15 is 0 Å². The van der Waals surface area contributed by atoms with E-state index in [0.717, 1.165) is 30.6 Å². The Morgan fingerprint density at radius 1 is 0.731 bits per heavy atom. The molecule has 26 heavy (non-hydrogen) atoms. The van der Waals surface area contributed by atoms with Gasteiger partial charge in [0, 0.05) is 79.6 Å². The van der Waals surface area contributed by atoms with Crippen molar-refractivity contribution in [2.75, 3.05) is 14.2 Å². The maximum atomic E-state index is 5.90. The van der Waals surface area contributed by atoms with Crippen LogP contribution >= 0.6 is 0 Å². The Morgan fingerprint density at radius 2 is 1.04 bits per heavy atom. The van der Waals surface area contributed by atoms with Gasteiger partial charge in [-0.05, 0) is 17.8 Å². The summed E-state index contributed by atoms with van der Waals surface area (Å²) in [5, 5.41) is 0. The summed E-state index contributed by atoms with van der Waals surface area (Å²) in [6.07, 6.45) is 4.56. The van der Waals surface area contributed by atoms with E-state index in [2.05, 4.69) is 41.5 Å². The molecule has 0 spiro atoms. The van der Waals surface area contributed by atoms with E-state index in [1.165, 1.54) is 12.8 Å². The maximum Gasteiger partial charge on any atom is 0.558 e. The van der Waals surface area contributed by atoms with E-state index < -0.39 is 37.1 Å². The fourth-order valence-electron chi connectivity index (χ4n) is 1.20. The van der Waals surface area contributed by atoms with Crippen LogP contribution in [0.2, 0.25) is 17.8 Å². The molecule has 0 N–H and O–H groups in total. The van der Waals surface area contributed by atoms with Gasteiger partial charge in [0.15, 0.2) is 0 Å². The third kappa shape index (κ3) is 21.6. The third-order valence-corrected chi connectivity index (χ3v) is 13.2. The van der Waals surface area contributed by atoms with Gasteiger partial charge in [-0.25, -0.2) is 0 Å². The van der Waals surface area contributed by atoms with Crippen LogP contribution in [0.3, 0.4) is 0 Å². The maximum absolute atomic E-state index is 5.90. The molecule has 0 amide bonds. The summed E-state index contributed by atoms with van der Waals surface area (Å²) in [6.45, 7) is 15.8. The Morgan fingerprint density at radius 3 is 1.23 bits per heavy atom. The van der Waals surface area contributed by atoms with Gasteiger partial charge in [-0.3, -0.25) is 0 Å². The average molecular weight is 587 g/mol. The zero-order valence-electron chi connectivity index (χ0n) is 17.6. The standard InChI is InChI=1S/C7H18O5Si4.2C4H9.2Y/c1-5-13-7-14(6-2)11-16(9-4)12-15(8-3)10-13;2*1-3-4-2;;/h5-7H2,1-4H3;2*1,3-4H2,2H3;;/q;2*-1;;. The minimum Gasteiger partial charge on any atom is -0.413 e. The number of hydrogen-bond acceptors (Lipinski definition) is 5. The van der Waals surface area contributed by atoms with Crippen molar-refractivity contribution in [3.05, 3.63) is 13.8 Å². The van der Waals surface area contributed by atoms with E-state index in [9.17, 15) is 0 Å². The van der Waals surface area contributed by atoms with E-state index in [0.29, 0.717) is 0 Å². The van der Waals surface area contributed by atoms with Crippen molar-refractivity contribution >= 4 is 37.1 Å². The molecule has 1 saturated heterocycles. The van der Waals surface area contributed by atoms with Gasteiger partial charge in [-0.2, -0.15) is 12.8 Å². The van der Waals surface area contributed by atoms with E-state index in [-0.39, 0.29) is 65.4 Å². The molecule has 0 unspecified atom stereocenters. The van der Waals surface area contributed by atoms with Crippen LogP contribution in [0.15, 0.2) is 0 Å². The molecule has 150 valence electrons. The predicted molar refractivity (Wildman–Crippen MR) is 107 cm³/mol. The summed E-state index contributed by atoms with van der Waals surface area (Å²) < 4.78 is 27.9. The largest absolute Gasteiger partial charge is 0.558 e. The van der Waals surface area contributed by atoms with Crippen LogP contribution < -0.4 is 0 Å². The first kappa shape index (κ1) is 36.3. The summed E-state index contributed by atoms with van der Waals surface area (Å²) >= 11 is 0. The summed E-state index contributed by atoms with van der Waals surface area (Å²) in [5.41, 5.74) is 1.08. The van der Waals surface area contributed by atoms with Gasteiger partial charge in [-0.1, -0.05) is 40.5 Å². The fourth-order valence-corrected chi connectivity index (χ4v) is 12.8. The molecule has 1 aliphatic rings. The molecule has 5 nitrogen and oxygen atoms in total. The molecule has 1 fully saturated rings. The van der Waals surface area contributed by atoms with Crippen LogP contribution in [0.5, 0.6) is 0 Å². The van der Waals surface area contributed by atoms with Crippen molar-refractivity contribution in [3.8, 4) is 0 Å². The smallest absolute Gasteiger partial charge is 0.413 e. The summed E-state index contributed by atoms with van der Waals surface area (Å²) in [4.78, 5) is 0. The molecule has 0 atom stereocenters. The zero-order valence-corrected chi connectivity index (χ0v) is 27.2. The first-order valence-corrected chi connectivity index (χ1v) is 14.8. The monoisotopic (exact) mass is 586 g/mol. The Labute approximate surface area is 220 Å². The molecule has 0 aliphatic carbocycles. The van der Waals surface area contributed by atoms with Crippen LogP contribution in [-0.2, 0) is 86.6 Å². The Kier molecular flexibility index (Phi) is 38.9. The molecule has 1 rings (SSSR count). The molecule has 11 heteroatoms. The molecule has 0 aromatic carbocycles. The van der Waals surface area contributed by atoms with Crippen LogP contribution in [0.4, 0.5) is 0 Å². The van der Waals surface area contributed by atoms with Gasteiger partial charge in [0.1, 0.15) is 0 Å². The van der Waals surface area contributed by atoms with Crippen molar-refractivity contribution in [1.82, 2.24) is 0 Å². The van der Waals surface area contributed by atoms with Gasteiger partial charge in [0.05, 0.1) is 0 Å². The average Bonchev–Trinajstić information content (AvgIpc) is 2.62. The second-order valence-electron chi connectivity index (χ2n) is 4.88. The minimum atomic E-state index is -1.64. The second-order valence-corrected chi connectivity index (χ2v) is 14.1. The van der Waals surface area contributed by atoms with Crippen LogP contribution in [0.25, 0.3) is 0 Å². The van der Waals surface area contributed by atoms with Crippen molar-refractivity contribution in [1.29, 1.82) is 0 Å². The topological polar surface area (TPSA) is 46.2 Å². The molecular formula is C15H36O5Si4Y2-2. The molecule has 1 heterocycles. The third-order valence-electron chi connectivity index (χ3n) is 2.85. The van der Waals surface area contributed by atoms with Crippen LogP contribution in [0.1, 0.15) is 53.4 Å². The Bertz CT molecular complexity index is 206. The first-order valence-electron chi connectivity index (χ1n) is 8.69. The zero-order chi connectivity index (χ0) is 18.8. The van der Waals surface area contributed by atoms with E-state index in [4.69, 9.17) is 21.2 Å². The normalized spacial score (nSPS) is 16.6. The summed E-state index contributed by atoms with van der Waals surface area (Å²) in [7, 11) is -1.69. The fraction of sp³-hybridized carbons (Fsp3) is 0.867. The Balaban J connectivity index is -0.000000206. The van der Waals surface area contributed by atoms with Crippen LogP contribution in [-0.4, -0.2) is 51.4 Å². The number of hydrogen-bond donors (Lipinski definition) is 0. The van der Waals surface area contributed by atoms with E-state index in [1.807, 2.05) is 0 Å². The molecule has 1 aliphatic heterocycles. The van der Waals surface area contributed by atoms with Crippen molar-refractivity contribution in [2.45, 2.75) is 71.1 Å². The van der Waals surface area contributed by atoms with Crippen LogP contribution in [0, 0.1) is 13.8 Å². The number of unbranched alkanes of at least 4 members (excludes halogenated alkanes) is 2. The molecule has 0 saturated carbocycles. The SMILES string of the molecule is CC[Si]1C[Si](CC)O[Si](OC)O[Si](OC)O1.[CH2-]CCC.[CH2-]CCC.[Y].[Y].